The molecular formula is C19H36N4O4S2. The van der Waals surface area contributed by atoms with Crippen molar-refractivity contribution in [3.05, 3.63) is 0 Å². The minimum absolute atomic E-state index is 0.0769. The van der Waals surface area contributed by atoms with Gasteiger partial charge in [-0.3, -0.25) is 4.99 Å². The molecule has 1 unspecified atom stereocenters. The Labute approximate surface area is 179 Å². The normalized spacial score (nSPS) is 25.5. The number of ether oxygens (including phenoxy) is 2. The first-order valence-corrected chi connectivity index (χ1v) is 13.7. The summed E-state index contributed by atoms with van der Waals surface area (Å²) < 4.78 is 38.3. The van der Waals surface area contributed by atoms with Crippen molar-refractivity contribution in [2.45, 2.75) is 44.8 Å². The topological polar surface area (TPSA) is 83.5 Å². The summed E-state index contributed by atoms with van der Waals surface area (Å²) in [5.41, 5.74) is 0. The summed E-state index contributed by atoms with van der Waals surface area (Å²) in [5.74, 6) is 2.66. The van der Waals surface area contributed by atoms with Crippen molar-refractivity contribution in [3.63, 3.8) is 0 Å². The number of hydrogen-bond donors (Lipinski definition) is 1. The third kappa shape index (κ3) is 7.27. The first-order chi connectivity index (χ1) is 14.1. The molecule has 3 aliphatic rings. The maximum absolute atomic E-state index is 12.5. The molecule has 0 aromatic rings. The van der Waals surface area contributed by atoms with E-state index in [9.17, 15) is 8.42 Å². The van der Waals surface area contributed by atoms with E-state index >= 15 is 0 Å². The second-order valence-electron chi connectivity index (χ2n) is 7.72. The van der Waals surface area contributed by atoms with Crippen molar-refractivity contribution >= 4 is 27.7 Å². The Balaban J connectivity index is 1.43. The molecule has 29 heavy (non-hydrogen) atoms. The van der Waals surface area contributed by atoms with E-state index in [1.54, 1.807) is 4.31 Å². The van der Waals surface area contributed by atoms with Crippen LogP contribution in [0.25, 0.3) is 0 Å². The maximum atomic E-state index is 12.5. The molecule has 0 radical (unpaired) electrons. The summed E-state index contributed by atoms with van der Waals surface area (Å²) >= 11 is 1.81. The monoisotopic (exact) mass is 448 g/mol. The Bertz CT molecular complexity index is 612. The molecule has 0 aromatic heterocycles. The lowest BCUT2D eigenvalue weighted by Gasteiger charge is -2.34. The van der Waals surface area contributed by atoms with Crippen LogP contribution in [0, 0.1) is 0 Å². The highest BCUT2D eigenvalue weighted by molar-refractivity contribution is 7.99. The number of hydrogen-bond acceptors (Lipinski definition) is 6. The van der Waals surface area contributed by atoms with Gasteiger partial charge in [0.2, 0.25) is 10.0 Å². The fourth-order valence-electron chi connectivity index (χ4n) is 3.90. The number of sulfonamides is 1. The highest BCUT2D eigenvalue weighted by atomic mass is 32.2. The number of rotatable bonds is 8. The van der Waals surface area contributed by atoms with Crippen LogP contribution >= 0.6 is 11.8 Å². The molecule has 3 aliphatic heterocycles. The molecule has 0 amide bonds. The Morgan fingerprint density at radius 2 is 1.97 bits per heavy atom. The lowest BCUT2D eigenvalue weighted by molar-refractivity contribution is -0.0367. The van der Waals surface area contributed by atoms with Gasteiger partial charge in [-0.15, -0.1) is 0 Å². The minimum Gasteiger partial charge on any atom is -0.376 e. The zero-order valence-electron chi connectivity index (χ0n) is 17.6. The van der Waals surface area contributed by atoms with Gasteiger partial charge in [0, 0.05) is 50.8 Å². The predicted molar refractivity (Wildman–Crippen MR) is 118 cm³/mol. The number of likely N-dealkylation sites (tertiary alicyclic amines) is 1. The van der Waals surface area contributed by atoms with Gasteiger partial charge in [0.1, 0.15) is 0 Å². The summed E-state index contributed by atoms with van der Waals surface area (Å²) in [6.45, 7) is 7.65. The highest BCUT2D eigenvalue weighted by Gasteiger charge is 2.26. The van der Waals surface area contributed by atoms with Crippen molar-refractivity contribution in [2.24, 2.45) is 4.99 Å². The Kier molecular flexibility index (Phi) is 9.36. The van der Waals surface area contributed by atoms with E-state index in [1.807, 2.05) is 18.7 Å². The molecule has 0 saturated carbocycles. The summed E-state index contributed by atoms with van der Waals surface area (Å²) in [5, 5.41) is 3.31. The minimum atomic E-state index is -3.21. The summed E-state index contributed by atoms with van der Waals surface area (Å²) in [4.78, 5) is 6.83. The van der Waals surface area contributed by atoms with Crippen molar-refractivity contribution in [3.8, 4) is 0 Å². The summed E-state index contributed by atoms with van der Waals surface area (Å²) in [6.07, 6.45) is 4.71. The molecule has 1 N–H and O–H groups in total. The average Bonchev–Trinajstić information content (AvgIpc) is 3.26. The van der Waals surface area contributed by atoms with Crippen LogP contribution in [0.15, 0.2) is 4.99 Å². The van der Waals surface area contributed by atoms with Gasteiger partial charge in [-0.1, -0.05) is 0 Å². The van der Waals surface area contributed by atoms with Gasteiger partial charge >= 0.3 is 0 Å². The van der Waals surface area contributed by atoms with Crippen LogP contribution in [0.1, 0.15) is 32.6 Å². The quantitative estimate of drug-likeness (QED) is 0.438. The van der Waals surface area contributed by atoms with E-state index in [0.29, 0.717) is 26.2 Å². The lowest BCUT2D eigenvalue weighted by Crippen LogP contribution is -2.47. The van der Waals surface area contributed by atoms with Crippen LogP contribution in [0.5, 0.6) is 0 Å². The standard InChI is InChI=1S/C19H36N4O4S2/c1-2-20-19(21-7-15-29(24,25)23-10-13-28-14-11-23)22-8-5-17(6-9-22)27-16-18-4-3-12-26-18/h17-18H,2-16H2,1H3,(H,20,21). The molecule has 168 valence electrons. The van der Waals surface area contributed by atoms with Crippen LogP contribution in [-0.4, -0.2) is 106 Å². The number of nitrogens with one attached hydrogen (secondary N) is 1. The Morgan fingerprint density at radius 1 is 1.21 bits per heavy atom. The van der Waals surface area contributed by atoms with Gasteiger partial charge in [-0.25, -0.2) is 12.7 Å². The lowest BCUT2D eigenvalue weighted by atomic mass is 10.1. The first kappa shape index (κ1) is 23.1. The molecule has 0 aliphatic carbocycles. The van der Waals surface area contributed by atoms with Crippen LogP contribution < -0.4 is 5.32 Å². The molecule has 3 heterocycles. The zero-order chi connectivity index (χ0) is 20.5. The van der Waals surface area contributed by atoms with E-state index in [2.05, 4.69) is 15.2 Å². The van der Waals surface area contributed by atoms with Gasteiger partial charge in [-0.2, -0.15) is 11.8 Å². The summed E-state index contributed by atoms with van der Waals surface area (Å²) in [6, 6.07) is 0. The number of nitrogens with zero attached hydrogens (tertiary/aromatic N) is 3. The SMILES string of the molecule is CCNC(=NCCS(=O)(=O)N1CCSCC1)N1CCC(OCC2CCCO2)CC1. The second-order valence-corrected chi connectivity index (χ2v) is 11.0. The van der Waals surface area contributed by atoms with Gasteiger partial charge in [0.05, 0.1) is 31.1 Å². The van der Waals surface area contributed by atoms with Crippen molar-refractivity contribution < 1.29 is 17.9 Å². The third-order valence-electron chi connectivity index (χ3n) is 5.59. The predicted octanol–water partition coefficient (Wildman–Crippen LogP) is 0.991. The number of aliphatic imine (C=N–C) groups is 1. The molecule has 10 heteroatoms. The van der Waals surface area contributed by atoms with E-state index in [0.717, 1.165) is 69.4 Å². The largest absolute Gasteiger partial charge is 0.376 e. The Hall–Kier alpha value is -0.550. The molecule has 0 spiro atoms. The molecular weight excluding hydrogens is 412 g/mol. The van der Waals surface area contributed by atoms with Crippen molar-refractivity contribution in [1.82, 2.24) is 14.5 Å². The second kappa shape index (κ2) is 11.7. The smallest absolute Gasteiger partial charge is 0.215 e. The fourth-order valence-corrected chi connectivity index (χ4v) is 6.35. The van der Waals surface area contributed by atoms with Crippen LogP contribution in [-0.2, 0) is 19.5 Å². The van der Waals surface area contributed by atoms with Crippen LogP contribution in [0.4, 0.5) is 0 Å². The van der Waals surface area contributed by atoms with Gasteiger partial charge < -0.3 is 19.7 Å². The Morgan fingerprint density at radius 3 is 2.62 bits per heavy atom. The average molecular weight is 449 g/mol. The van der Waals surface area contributed by atoms with Crippen LogP contribution in [0.3, 0.4) is 0 Å². The van der Waals surface area contributed by atoms with E-state index in [1.165, 1.54) is 0 Å². The third-order valence-corrected chi connectivity index (χ3v) is 8.39. The molecule has 1 atom stereocenters. The van der Waals surface area contributed by atoms with E-state index in [4.69, 9.17) is 9.47 Å². The molecule has 3 rings (SSSR count). The fraction of sp³-hybridized carbons (Fsp3) is 0.947. The molecule has 3 saturated heterocycles. The number of guanidine groups is 1. The van der Waals surface area contributed by atoms with Gasteiger partial charge in [0.15, 0.2) is 5.96 Å². The zero-order valence-corrected chi connectivity index (χ0v) is 19.2. The van der Waals surface area contributed by atoms with Crippen LogP contribution in [0.2, 0.25) is 0 Å². The number of piperidine rings is 1. The molecule has 0 aromatic carbocycles. The van der Waals surface area contributed by atoms with E-state index in [-0.39, 0.29) is 18.0 Å². The van der Waals surface area contributed by atoms with Crippen molar-refractivity contribution in [1.29, 1.82) is 0 Å². The van der Waals surface area contributed by atoms with E-state index < -0.39 is 10.0 Å². The molecule has 8 nitrogen and oxygen atoms in total. The van der Waals surface area contributed by atoms with Crippen molar-refractivity contribution in [2.75, 3.05) is 69.7 Å². The molecule has 3 fully saturated rings. The van der Waals surface area contributed by atoms with Gasteiger partial charge in [-0.05, 0) is 32.6 Å². The number of thioether (sulfide) groups is 1. The first-order valence-electron chi connectivity index (χ1n) is 10.9. The summed E-state index contributed by atoms with van der Waals surface area (Å²) in [7, 11) is -3.21. The molecule has 0 bridgehead atoms. The highest BCUT2D eigenvalue weighted by Crippen LogP contribution is 2.18. The maximum Gasteiger partial charge on any atom is 0.215 e. The van der Waals surface area contributed by atoms with Gasteiger partial charge in [0.25, 0.3) is 0 Å².